The third-order valence-electron chi connectivity index (χ3n) is 7.19. The quantitative estimate of drug-likeness (QED) is 0.743. The van der Waals surface area contributed by atoms with Crippen molar-refractivity contribution in [3.05, 3.63) is 29.8 Å². The zero-order valence-electron chi connectivity index (χ0n) is 18.1. The van der Waals surface area contributed by atoms with Crippen molar-refractivity contribution in [2.45, 2.75) is 57.4 Å². The number of carbonyl (C=O) groups excluding carboxylic acids is 2. The van der Waals surface area contributed by atoms with E-state index in [-0.39, 0.29) is 23.3 Å². The zero-order valence-corrected chi connectivity index (χ0v) is 18.1. The maximum atomic E-state index is 13.6. The molecule has 3 heterocycles. The Kier molecular flexibility index (Phi) is 6.61. The Morgan fingerprint density at radius 2 is 1.87 bits per heavy atom. The number of aryl methyl sites for hydroxylation is 1. The van der Waals surface area contributed by atoms with Crippen LogP contribution in [-0.2, 0) is 20.7 Å². The van der Waals surface area contributed by atoms with Crippen molar-refractivity contribution in [1.82, 2.24) is 9.80 Å². The summed E-state index contributed by atoms with van der Waals surface area (Å²) in [6.45, 7) is 3.72. The molecule has 3 aliphatic rings. The predicted octanol–water partition coefficient (Wildman–Crippen LogP) is 3.04. The molecule has 1 aromatic carbocycles. The first-order chi connectivity index (χ1) is 14.6. The van der Waals surface area contributed by atoms with Crippen LogP contribution in [0.4, 0.5) is 0 Å². The van der Waals surface area contributed by atoms with Gasteiger partial charge in [-0.1, -0.05) is 12.1 Å². The average Bonchev–Trinajstić information content (AvgIpc) is 3.32. The number of benzene rings is 1. The zero-order chi connectivity index (χ0) is 21.0. The fraction of sp³-hybridized carbons (Fsp3) is 0.667. The Balaban J connectivity index is 1.52. The van der Waals surface area contributed by atoms with E-state index in [9.17, 15) is 9.59 Å². The van der Waals surface area contributed by atoms with E-state index < -0.39 is 0 Å². The van der Waals surface area contributed by atoms with E-state index in [4.69, 9.17) is 9.47 Å². The molecule has 164 valence electrons. The highest BCUT2D eigenvalue weighted by Gasteiger charge is 2.51. The number of amides is 2. The highest BCUT2D eigenvalue weighted by molar-refractivity contribution is 5.89. The van der Waals surface area contributed by atoms with E-state index in [1.807, 2.05) is 34.1 Å². The minimum absolute atomic E-state index is 0.0981. The molecule has 1 spiro atoms. The SMILES string of the molecule is COc1cccc(CCC(=O)N2CCCC3(CCOCC3)C2C(=O)N2CCCC2)c1. The van der Waals surface area contributed by atoms with Crippen molar-refractivity contribution in [3.8, 4) is 5.75 Å². The molecular weight excluding hydrogens is 380 g/mol. The van der Waals surface area contributed by atoms with E-state index in [1.54, 1.807) is 7.11 Å². The number of methoxy groups -OCH3 is 1. The summed E-state index contributed by atoms with van der Waals surface area (Å²) in [5.74, 6) is 1.07. The van der Waals surface area contributed by atoms with Crippen molar-refractivity contribution in [1.29, 1.82) is 0 Å². The van der Waals surface area contributed by atoms with E-state index >= 15 is 0 Å². The average molecular weight is 415 g/mol. The van der Waals surface area contributed by atoms with Gasteiger partial charge < -0.3 is 19.3 Å². The van der Waals surface area contributed by atoms with Crippen LogP contribution in [0.25, 0.3) is 0 Å². The molecule has 2 amide bonds. The van der Waals surface area contributed by atoms with E-state index in [2.05, 4.69) is 0 Å². The number of nitrogens with zero attached hydrogens (tertiary/aromatic N) is 2. The summed E-state index contributed by atoms with van der Waals surface area (Å²) >= 11 is 0. The lowest BCUT2D eigenvalue weighted by Gasteiger charge is -2.51. The number of carbonyl (C=O) groups is 2. The van der Waals surface area contributed by atoms with Crippen LogP contribution in [0.15, 0.2) is 24.3 Å². The van der Waals surface area contributed by atoms with Crippen molar-refractivity contribution >= 4 is 11.8 Å². The van der Waals surface area contributed by atoms with Gasteiger partial charge in [-0.15, -0.1) is 0 Å². The molecule has 0 radical (unpaired) electrons. The van der Waals surface area contributed by atoms with Crippen LogP contribution in [0.5, 0.6) is 5.75 Å². The maximum Gasteiger partial charge on any atom is 0.245 e. The van der Waals surface area contributed by atoms with E-state index in [0.29, 0.717) is 32.6 Å². The van der Waals surface area contributed by atoms with Crippen LogP contribution < -0.4 is 4.74 Å². The van der Waals surface area contributed by atoms with Crippen LogP contribution in [0, 0.1) is 5.41 Å². The number of piperidine rings is 1. The molecule has 6 nitrogen and oxygen atoms in total. The van der Waals surface area contributed by atoms with Gasteiger partial charge in [0.15, 0.2) is 0 Å². The summed E-state index contributed by atoms with van der Waals surface area (Å²) in [5, 5.41) is 0. The molecule has 3 fully saturated rings. The molecule has 0 N–H and O–H groups in total. The monoisotopic (exact) mass is 414 g/mol. The molecule has 0 aromatic heterocycles. The van der Waals surface area contributed by atoms with Crippen LogP contribution in [0.1, 0.15) is 50.5 Å². The minimum atomic E-state index is -0.328. The first-order valence-electron chi connectivity index (χ1n) is 11.4. The van der Waals surface area contributed by atoms with Gasteiger partial charge in [-0.3, -0.25) is 9.59 Å². The largest absolute Gasteiger partial charge is 0.497 e. The van der Waals surface area contributed by atoms with Crippen LogP contribution in [0.3, 0.4) is 0 Å². The lowest BCUT2D eigenvalue weighted by atomic mass is 9.67. The van der Waals surface area contributed by atoms with Gasteiger partial charge in [0.25, 0.3) is 0 Å². The molecule has 0 saturated carbocycles. The molecule has 30 heavy (non-hydrogen) atoms. The molecule has 6 heteroatoms. The molecule has 1 unspecified atom stereocenters. The Labute approximate surface area is 179 Å². The second-order valence-corrected chi connectivity index (χ2v) is 8.95. The fourth-order valence-corrected chi connectivity index (χ4v) is 5.50. The highest BCUT2D eigenvalue weighted by Crippen LogP contribution is 2.45. The summed E-state index contributed by atoms with van der Waals surface area (Å²) in [6, 6.07) is 7.55. The topological polar surface area (TPSA) is 59.1 Å². The second-order valence-electron chi connectivity index (χ2n) is 8.95. The second kappa shape index (κ2) is 9.38. The van der Waals surface area contributed by atoms with Gasteiger partial charge in [0.1, 0.15) is 11.8 Å². The minimum Gasteiger partial charge on any atom is -0.497 e. The first kappa shape index (κ1) is 21.2. The van der Waals surface area contributed by atoms with Crippen LogP contribution in [-0.4, -0.2) is 67.6 Å². The fourth-order valence-electron chi connectivity index (χ4n) is 5.50. The lowest BCUT2D eigenvalue weighted by molar-refractivity contribution is -0.160. The standard InChI is InChI=1S/C24H34N2O4/c1-29-20-7-4-6-19(18-20)8-9-21(27)26-15-5-10-24(11-16-30-17-12-24)22(26)23(28)25-13-2-3-14-25/h4,6-7,18,22H,2-3,5,8-17H2,1H3. The molecule has 3 aliphatic heterocycles. The van der Waals surface area contributed by atoms with Crippen molar-refractivity contribution in [2.24, 2.45) is 5.41 Å². The van der Waals surface area contributed by atoms with Gasteiger partial charge in [-0.25, -0.2) is 0 Å². The van der Waals surface area contributed by atoms with Gasteiger partial charge >= 0.3 is 0 Å². The summed E-state index contributed by atoms with van der Waals surface area (Å²) in [6.07, 6.45) is 6.94. The third kappa shape index (κ3) is 4.34. The lowest BCUT2D eigenvalue weighted by Crippen LogP contribution is -2.62. The molecular formula is C24H34N2O4. The first-order valence-corrected chi connectivity index (χ1v) is 11.4. The van der Waals surface area contributed by atoms with Gasteiger partial charge in [-0.2, -0.15) is 0 Å². The molecule has 4 rings (SSSR count). The third-order valence-corrected chi connectivity index (χ3v) is 7.19. The molecule has 1 aromatic rings. The Morgan fingerprint density at radius 1 is 1.10 bits per heavy atom. The summed E-state index contributed by atoms with van der Waals surface area (Å²) in [5.41, 5.74) is 0.963. The predicted molar refractivity (Wildman–Crippen MR) is 114 cm³/mol. The Morgan fingerprint density at radius 3 is 2.60 bits per heavy atom. The number of hydrogen-bond acceptors (Lipinski definition) is 4. The molecule has 1 atom stereocenters. The molecule has 0 aliphatic carbocycles. The van der Waals surface area contributed by atoms with Crippen LogP contribution in [0.2, 0.25) is 0 Å². The number of ether oxygens (including phenoxy) is 2. The summed E-state index contributed by atoms with van der Waals surface area (Å²) in [7, 11) is 1.65. The Bertz CT molecular complexity index is 748. The summed E-state index contributed by atoms with van der Waals surface area (Å²) in [4.78, 5) is 30.9. The Hall–Kier alpha value is -2.08. The molecule has 0 bridgehead atoms. The normalized spacial score (nSPS) is 23.6. The number of hydrogen-bond donors (Lipinski definition) is 0. The molecule has 3 saturated heterocycles. The van der Waals surface area contributed by atoms with Gasteiger partial charge in [-0.05, 0) is 62.6 Å². The van der Waals surface area contributed by atoms with Crippen molar-refractivity contribution in [3.63, 3.8) is 0 Å². The van der Waals surface area contributed by atoms with Crippen LogP contribution >= 0.6 is 0 Å². The van der Waals surface area contributed by atoms with Gasteiger partial charge in [0.2, 0.25) is 11.8 Å². The highest BCUT2D eigenvalue weighted by atomic mass is 16.5. The van der Waals surface area contributed by atoms with E-state index in [0.717, 1.165) is 62.9 Å². The van der Waals surface area contributed by atoms with Gasteiger partial charge in [0.05, 0.1) is 7.11 Å². The van der Waals surface area contributed by atoms with Crippen molar-refractivity contribution < 1.29 is 19.1 Å². The van der Waals surface area contributed by atoms with Crippen molar-refractivity contribution in [2.75, 3.05) is 40.0 Å². The maximum absolute atomic E-state index is 13.6. The number of likely N-dealkylation sites (tertiary alicyclic amines) is 2. The van der Waals surface area contributed by atoms with Gasteiger partial charge in [0, 0.05) is 44.7 Å². The smallest absolute Gasteiger partial charge is 0.245 e. The number of rotatable bonds is 5. The van der Waals surface area contributed by atoms with E-state index in [1.165, 1.54) is 0 Å². The summed E-state index contributed by atoms with van der Waals surface area (Å²) < 4.78 is 10.9.